The van der Waals surface area contributed by atoms with E-state index in [9.17, 15) is 9.18 Å². The molecular weight excluding hydrogens is 259 g/mol. The minimum absolute atomic E-state index is 0.168. The van der Waals surface area contributed by atoms with Crippen LogP contribution in [-0.2, 0) is 6.42 Å². The Morgan fingerprint density at radius 3 is 3.00 bits per heavy atom. The number of amides is 1. The summed E-state index contributed by atoms with van der Waals surface area (Å²) in [5.41, 5.74) is 2.29. The van der Waals surface area contributed by atoms with Gasteiger partial charge in [0.15, 0.2) is 12.1 Å². The highest BCUT2D eigenvalue weighted by Crippen LogP contribution is 2.31. The molecule has 5 heteroatoms. The predicted molar refractivity (Wildman–Crippen MR) is 70.8 cm³/mol. The lowest BCUT2D eigenvalue weighted by atomic mass is 9.93. The molecule has 3 rings (SSSR count). The minimum atomic E-state index is -0.275. The first-order chi connectivity index (χ1) is 9.58. The number of aryl methyl sites for hydroxylation is 1. The first-order valence-corrected chi connectivity index (χ1v) is 6.57. The Hall–Kier alpha value is -2.17. The standard InChI is InChI=1S/C15H15FN2O2/c1-9-13-7-12(16)4-3-11(13)5-6-18(9)15(19)14-10(2)20-8-17-14/h3-4,7-9H,5-6H2,1-2H3. The fourth-order valence-corrected chi connectivity index (χ4v) is 2.71. The van der Waals surface area contributed by atoms with Crippen molar-refractivity contribution in [3.63, 3.8) is 0 Å². The summed E-state index contributed by atoms with van der Waals surface area (Å²) in [6, 6.07) is 4.60. The van der Waals surface area contributed by atoms with Crippen LogP contribution in [0.1, 0.15) is 40.3 Å². The molecule has 104 valence electrons. The molecule has 1 aliphatic heterocycles. The highest BCUT2D eigenvalue weighted by molar-refractivity contribution is 5.93. The van der Waals surface area contributed by atoms with Gasteiger partial charge in [-0.25, -0.2) is 9.37 Å². The van der Waals surface area contributed by atoms with Crippen LogP contribution in [0.3, 0.4) is 0 Å². The summed E-state index contributed by atoms with van der Waals surface area (Å²) in [6.07, 6.45) is 1.99. The second-order valence-corrected chi connectivity index (χ2v) is 5.02. The predicted octanol–water partition coefficient (Wildman–Crippen LogP) is 2.88. The van der Waals surface area contributed by atoms with Gasteiger partial charge in [-0.15, -0.1) is 0 Å². The Bertz CT molecular complexity index is 666. The van der Waals surface area contributed by atoms with Crippen LogP contribution in [0.5, 0.6) is 0 Å². The third kappa shape index (κ3) is 1.99. The lowest BCUT2D eigenvalue weighted by Gasteiger charge is -2.35. The molecule has 0 radical (unpaired) electrons. The fourth-order valence-electron chi connectivity index (χ4n) is 2.71. The second kappa shape index (κ2) is 4.74. The summed E-state index contributed by atoms with van der Waals surface area (Å²) >= 11 is 0. The summed E-state index contributed by atoms with van der Waals surface area (Å²) in [5, 5.41) is 0. The number of aromatic nitrogens is 1. The van der Waals surface area contributed by atoms with Crippen LogP contribution < -0.4 is 0 Å². The molecule has 0 N–H and O–H groups in total. The highest BCUT2D eigenvalue weighted by Gasteiger charge is 2.30. The number of carbonyl (C=O) groups excluding carboxylic acids is 1. The number of benzene rings is 1. The van der Waals surface area contributed by atoms with Gasteiger partial charge in [-0.05, 0) is 43.5 Å². The van der Waals surface area contributed by atoms with Crippen LogP contribution in [0, 0.1) is 12.7 Å². The van der Waals surface area contributed by atoms with Gasteiger partial charge in [-0.2, -0.15) is 0 Å². The third-order valence-electron chi connectivity index (χ3n) is 3.86. The van der Waals surface area contributed by atoms with Crippen molar-refractivity contribution >= 4 is 5.91 Å². The van der Waals surface area contributed by atoms with Crippen LogP contribution in [0.4, 0.5) is 4.39 Å². The molecule has 0 saturated heterocycles. The van der Waals surface area contributed by atoms with E-state index in [1.807, 2.05) is 6.92 Å². The third-order valence-corrected chi connectivity index (χ3v) is 3.86. The van der Waals surface area contributed by atoms with E-state index in [0.29, 0.717) is 18.0 Å². The van der Waals surface area contributed by atoms with Gasteiger partial charge in [0.1, 0.15) is 11.6 Å². The summed E-state index contributed by atoms with van der Waals surface area (Å²) in [4.78, 5) is 18.2. The van der Waals surface area contributed by atoms with Crippen molar-refractivity contribution < 1.29 is 13.6 Å². The molecule has 4 nitrogen and oxygen atoms in total. The van der Waals surface area contributed by atoms with E-state index in [1.54, 1.807) is 17.9 Å². The van der Waals surface area contributed by atoms with Gasteiger partial charge in [0.25, 0.3) is 5.91 Å². The van der Waals surface area contributed by atoms with Crippen molar-refractivity contribution in [2.24, 2.45) is 0 Å². The Morgan fingerprint density at radius 2 is 2.30 bits per heavy atom. The number of halogens is 1. The molecule has 2 heterocycles. The fraction of sp³-hybridized carbons (Fsp3) is 0.333. The van der Waals surface area contributed by atoms with E-state index in [-0.39, 0.29) is 17.8 Å². The number of carbonyl (C=O) groups is 1. The van der Waals surface area contributed by atoms with Gasteiger partial charge in [0.05, 0.1) is 6.04 Å². The van der Waals surface area contributed by atoms with Crippen molar-refractivity contribution in [1.82, 2.24) is 9.88 Å². The van der Waals surface area contributed by atoms with Crippen molar-refractivity contribution in [1.29, 1.82) is 0 Å². The normalized spacial score (nSPS) is 17.9. The van der Waals surface area contributed by atoms with E-state index in [4.69, 9.17) is 4.42 Å². The molecule has 1 aromatic carbocycles. The quantitative estimate of drug-likeness (QED) is 0.803. The Kier molecular flexibility index (Phi) is 3.04. The first kappa shape index (κ1) is 12.8. The number of oxazole rings is 1. The van der Waals surface area contributed by atoms with Gasteiger partial charge in [0, 0.05) is 6.54 Å². The maximum atomic E-state index is 13.4. The molecule has 0 aliphatic carbocycles. The lowest BCUT2D eigenvalue weighted by molar-refractivity contribution is 0.0670. The van der Waals surface area contributed by atoms with Crippen molar-refractivity contribution in [2.75, 3.05) is 6.54 Å². The lowest BCUT2D eigenvalue weighted by Crippen LogP contribution is -2.39. The topological polar surface area (TPSA) is 46.3 Å². The van der Waals surface area contributed by atoms with Crippen LogP contribution in [0.25, 0.3) is 0 Å². The summed E-state index contributed by atoms with van der Waals surface area (Å²) in [7, 11) is 0. The molecule has 20 heavy (non-hydrogen) atoms. The number of nitrogens with zero attached hydrogens (tertiary/aromatic N) is 2. The molecule has 0 spiro atoms. The van der Waals surface area contributed by atoms with Crippen LogP contribution >= 0.6 is 0 Å². The van der Waals surface area contributed by atoms with E-state index >= 15 is 0 Å². The molecule has 1 amide bonds. The maximum absolute atomic E-state index is 13.4. The molecule has 1 aromatic heterocycles. The number of rotatable bonds is 1. The summed E-state index contributed by atoms with van der Waals surface area (Å²) in [6.45, 7) is 4.22. The number of hydrogen-bond donors (Lipinski definition) is 0. The minimum Gasteiger partial charge on any atom is -0.448 e. The first-order valence-electron chi connectivity index (χ1n) is 6.57. The number of fused-ring (bicyclic) bond motifs is 1. The largest absolute Gasteiger partial charge is 0.448 e. The van der Waals surface area contributed by atoms with Gasteiger partial charge < -0.3 is 9.32 Å². The van der Waals surface area contributed by atoms with E-state index in [0.717, 1.165) is 17.5 Å². The van der Waals surface area contributed by atoms with Crippen molar-refractivity contribution in [3.8, 4) is 0 Å². The monoisotopic (exact) mass is 274 g/mol. The van der Waals surface area contributed by atoms with Crippen LogP contribution in [0.15, 0.2) is 29.0 Å². The van der Waals surface area contributed by atoms with E-state index in [1.165, 1.54) is 18.5 Å². The molecular formula is C15H15FN2O2. The zero-order valence-corrected chi connectivity index (χ0v) is 11.4. The molecule has 1 atom stereocenters. The summed E-state index contributed by atoms with van der Waals surface area (Å²) in [5.74, 6) is 0.0633. The van der Waals surface area contributed by atoms with Crippen molar-refractivity contribution in [3.05, 3.63) is 53.0 Å². The number of hydrogen-bond acceptors (Lipinski definition) is 3. The van der Waals surface area contributed by atoms with E-state index < -0.39 is 0 Å². The van der Waals surface area contributed by atoms with Crippen molar-refractivity contribution in [2.45, 2.75) is 26.3 Å². The van der Waals surface area contributed by atoms with Crippen LogP contribution in [0.2, 0.25) is 0 Å². The molecule has 1 aliphatic rings. The van der Waals surface area contributed by atoms with Gasteiger partial charge >= 0.3 is 0 Å². The molecule has 2 aromatic rings. The molecule has 0 saturated carbocycles. The Morgan fingerprint density at radius 1 is 1.50 bits per heavy atom. The SMILES string of the molecule is Cc1ocnc1C(=O)N1CCc2ccc(F)cc2C1C. The van der Waals surface area contributed by atoms with Gasteiger partial charge in [-0.3, -0.25) is 4.79 Å². The second-order valence-electron chi connectivity index (χ2n) is 5.02. The average Bonchev–Trinajstić information content (AvgIpc) is 2.85. The van der Waals surface area contributed by atoms with E-state index in [2.05, 4.69) is 4.98 Å². The summed E-state index contributed by atoms with van der Waals surface area (Å²) < 4.78 is 18.5. The Labute approximate surface area is 116 Å². The smallest absolute Gasteiger partial charge is 0.276 e. The van der Waals surface area contributed by atoms with Gasteiger partial charge in [-0.1, -0.05) is 6.07 Å². The highest BCUT2D eigenvalue weighted by atomic mass is 19.1. The van der Waals surface area contributed by atoms with Gasteiger partial charge in [0.2, 0.25) is 0 Å². The maximum Gasteiger partial charge on any atom is 0.276 e. The molecule has 0 fully saturated rings. The molecule has 0 bridgehead atoms. The Balaban J connectivity index is 1.94. The van der Waals surface area contributed by atoms with Crippen LogP contribution in [-0.4, -0.2) is 22.3 Å². The zero-order valence-electron chi connectivity index (χ0n) is 11.4. The zero-order chi connectivity index (χ0) is 14.3. The molecule has 1 unspecified atom stereocenters. The average molecular weight is 274 g/mol.